The predicted molar refractivity (Wildman–Crippen MR) is 108 cm³/mol. The van der Waals surface area contributed by atoms with Gasteiger partial charge in [0.25, 0.3) is 5.91 Å². The third-order valence-corrected chi connectivity index (χ3v) is 5.94. The van der Waals surface area contributed by atoms with Gasteiger partial charge in [0.2, 0.25) is 5.75 Å². The van der Waals surface area contributed by atoms with Crippen molar-refractivity contribution < 1.29 is 23.8 Å². The molecule has 6 heteroatoms. The van der Waals surface area contributed by atoms with E-state index in [1.54, 1.807) is 19.2 Å². The van der Waals surface area contributed by atoms with Crippen molar-refractivity contribution in [3.8, 4) is 17.2 Å². The van der Waals surface area contributed by atoms with Crippen molar-refractivity contribution in [1.82, 2.24) is 4.90 Å². The molecule has 0 saturated carbocycles. The van der Waals surface area contributed by atoms with E-state index in [0.29, 0.717) is 55.2 Å². The van der Waals surface area contributed by atoms with E-state index >= 15 is 0 Å². The molecular weight excluding hydrogens is 370 g/mol. The Bertz CT molecular complexity index is 960. The molecule has 0 aromatic heterocycles. The molecule has 6 nitrogen and oxygen atoms in total. The zero-order chi connectivity index (χ0) is 20.6. The topological polar surface area (TPSA) is 65.1 Å². The highest BCUT2D eigenvalue weighted by Crippen LogP contribution is 2.47. The zero-order valence-electron chi connectivity index (χ0n) is 17.0. The number of benzene rings is 2. The largest absolute Gasteiger partial charge is 0.493 e. The molecule has 1 spiro atoms. The van der Waals surface area contributed by atoms with Gasteiger partial charge in [0, 0.05) is 31.5 Å². The summed E-state index contributed by atoms with van der Waals surface area (Å²) in [6.07, 6.45) is 1.49. The predicted octanol–water partition coefficient (Wildman–Crippen LogP) is 3.65. The van der Waals surface area contributed by atoms with Crippen molar-refractivity contribution in [2.45, 2.75) is 31.8 Å². The minimum absolute atomic E-state index is 0.0275. The summed E-state index contributed by atoms with van der Waals surface area (Å²) < 4.78 is 17.2. The molecule has 29 heavy (non-hydrogen) atoms. The number of hydrogen-bond donors (Lipinski definition) is 0. The summed E-state index contributed by atoms with van der Waals surface area (Å²) in [6.45, 7) is 3.03. The maximum absolute atomic E-state index is 12.9. The number of hydrogen-bond acceptors (Lipinski definition) is 5. The van der Waals surface area contributed by atoms with Gasteiger partial charge in [0.1, 0.15) is 5.60 Å². The molecule has 2 aromatic carbocycles. The van der Waals surface area contributed by atoms with Gasteiger partial charge in [-0.3, -0.25) is 9.59 Å². The van der Waals surface area contributed by atoms with Crippen LogP contribution in [0.2, 0.25) is 0 Å². The Morgan fingerprint density at radius 1 is 1.07 bits per heavy atom. The minimum Gasteiger partial charge on any atom is -0.493 e. The van der Waals surface area contributed by atoms with E-state index < -0.39 is 5.60 Å². The van der Waals surface area contributed by atoms with Crippen LogP contribution in [0.5, 0.6) is 17.2 Å². The van der Waals surface area contributed by atoms with Crippen molar-refractivity contribution in [2.75, 3.05) is 27.3 Å². The molecule has 0 bridgehead atoms. The number of amides is 1. The number of methoxy groups -OCH3 is 2. The second-order valence-electron chi connectivity index (χ2n) is 7.67. The molecule has 4 rings (SSSR count). The normalized spacial score (nSPS) is 17.5. The lowest BCUT2D eigenvalue weighted by Gasteiger charge is -2.44. The number of likely N-dealkylation sites (tertiary alicyclic amines) is 1. The molecule has 1 saturated heterocycles. The van der Waals surface area contributed by atoms with Crippen LogP contribution < -0.4 is 14.2 Å². The van der Waals surface area contributed by atoms with Gasteiger partial charge in [-0.25, -0.2) is 0 Å². The van der Waals surface area contributed by atoms with Crippen LogP contribution in [-0.2, 0) is 0 Å². The summed E-state index contributed by atoms with van der Waals surface area (Å²) in [5, 5.41) is 0. The lowest BCUT2D eigenvalue weighted by Crippen LogP contribution is -2.52. The summed E-state index contributed by atoms with van der Waals surface area (Å²) in [4.78, 5) is 27.6. The van der Waals surface area contributed by atoms with Gasteiger partial charge in [-0.15, -0.1) is 0 Å². The highest BCUT2D eigenvalue weighted by atomic mass is 16.5. The Morgan fingerprint density at radius 3 is 2.45 bits per heavy atom. The lowest BCUT2D eigenvalue weighted by molar-refractivity contribution is -0.00747. The molecule has 0 aliphatic carbocycles. The molecule has 0 N–H and O–H groups in total. The molecule has 0 atom stereocenters. The first-order valence-corrected chi connectivity index (χ1v) is 9.80. The summed E-state index contributed by atoms with van der Waals surface area (Å²) >= 11 is 0. The Morgan fingerprint density at radius 2 is 1.79 bits per heavy atom. The Balaban J connectivity index is 1.56. The van der Waals surface area contributed by atoms with Crippen molar-refractivity contribution in [1.29, 1.82) is 0 Å². The SMILES string of the molecule is COc1ccc2c(c1OC)OC1(CCN(C(=O)c3ccccc3C)CC1)CC2=O. The number of ketones is 1. The lowest BCUT2D eigenvalue weighted by atomic mass is 9.82. The van der Waals surface area contributed by atoms with Gasteiger partial charge in [-0.2, -0.15) is 0 Å². The molecule has 0 unspecified atom stereocenters. The molecule has 2 aromatic rings. The summed E-state index contributed by atoms with van der Waals surface area (Å²) in [5.41, 5.74) is 1.59. The van der Waals surface area contributed by atoms with E-state index in [4.69, 9.17) is 14.2 Å². The number of carbonyl (C=O) groups excluding carboxylic acids is 2. The van der Waals surface area contributed by atoms with E-state index in [1.165, 1.54) is 7.11 Å². The Kier molecular flexibility index (Phi) is 4.94. The van der Waals surface area contributed by atoms with Gasteiger partial charge in [0.05, 0.1) is 26.2 Å². The highest BCUT2D eigenvalue weighted by Gasteiger charge is 2.45. The van der Waals surface area contributed by atoms with E-state index in [1.807, 2.05) is 36.1 Å². The van der Waals surface area contributed by atoms with Gasteiger partial charge < -0.3 is 19.1 Å². The molecule has 1 fully saturated rings. The van der Waals surface area contributed by atoms with Crippen LogP contribution in [-0.4, -0.2) is 49.5 Å². The van der Waals surface area contributed by atoms with Crippen LogP contribution >= 0.6 is 0 Å². The molecule has 2 heterocycles. The molecular formula is C23H25NO5. The van der Waals surface area contributed by atoms with Gasteiger partial charge in [0.15, 0.2) is 17.3 Å². The van der Waals surface area contributed by atoms with Crippen LogP contribution in [0, 0.1) is 6.92 Å². The number of aryl methyl sites for hydroxylation is 1. The van der Waals surface area contributed by atoms with E-state index in [-0.39, 0.29) is 11.7 Å². The van der Waals surface area contributed by atoms with Crippen LogP contribution in [0.15, 0.2) is 36.4 Å². The smallest absolute Gasteiger partial charge is 0.254 e. The average Bonchev–Trinajstić information content (AvgIpc) is 2.73. The second kappa shape index (κ2) is 7.43. The monoisotopic (exact) mass is 395 g/mol. The minimum atomic E-state index is -0.619. The molecule has 1 amide bonds. The fraction of sp³-hybridized carbons (Fsp3) is 0.391. The van der Waals surface area contributed by atoms with Crippen LogP contribution in [0.4, 0.5) is 0 Å². The average molecular weight is 395 g/mol. The van der Waals surface area contributed by atoms with E-state index in [9.17, 15) is 9.59 Å². The summed E-state index contributed by atoms with van der Waals surface area (Å²) in [5.74, 6) is 1.48. The standard InChI is InChI=1S/C23H25NO5/c1-15-6-4-5-7-16(15)22(26)24-12-10-23(11-13-24)14-18(25)17-8-9-19(27-2)21(28-3)20(17)29-23/h4-9H,10-14H2,1-3H3. The van der Waals surface area contributed by atoms with Gasteiger partial charge in [-0.1, -0.05) is 18.2 Å². The maximum Gasteiger partial charge on any atom is 0.254 e. The van der Waals surface area contributed by atoms with Crippen LogP contribution in [0.3, 0.4) is 0 Å². The Hall–Kier alpha value is -3.02. The second-order valence-corrected chi connectivity index (χ2v) is 7.67. The Labute approximate surface area is 170 Å². The number of piperidine rings is 1. The number of fused-ring (bicyclic) bond motifs is 1. The van der Waals surface area contributed by atoms with Crippen molar-refractivity contribution >= 4 is 11.7 Å². The highest BCUT2D eigenvalue weighted by molar-refractivity contribution is 6.01. The third kappa shape index (κ3) is 3.33. The molecule has 2 aliphatic heterocycles. The fourth-order valence-electron chi connectivity index (χ4n) is 4.24. The fourth-order valence-corrected chi connectivity index (χ4v) is 4.24. The van der Waals surface area contributed by atoms with E-state index in [2.05, 4.69) is 0 Å². The number of rotatable bonds is 3. The first-order chi connectivity index (χ1) is 14.0. The van der Waals surface area contributed by atoms with Crippen molar-refractivity contribution in [3.63, 3.8) is 0 Å². The summed E-state index contributed by atoms with van der Waals surface area (Å²) in [6, 6.07) is 11.1. The number of carbonyl (C=O) groups is 2. The van der Waals surface area contributed by atoms with Gasteiger partial charge in [-0.05, 0) is 30.7 Å². The molecule has 152 valence electrons. The van der Waals surface area contributed by atoms with E-state index in [0.717, 1.165) is 11.1 Å². The number of nitrogens with zero attached hydrogens (tertiary/aromatic N) is 1. The number of ether oxygens (including phenoxy) is 3. The molecule has 0 radical (unpaired) electrons. The first kappa shape index (κ1) is 19.3. The number of Topliss-reactive ketones (excluding diaryl/α,β-unsaturated/α-hetero) is 1. The third-order valence-electron chi connectivity index (χ3n) is 5.94. The maximum atomic E-state index is 12.9. The van der Waals surface area contributed by atoms with Crippen molar-refractivity contribution in [3.05, 3.63) is 53.1 Å². The van der Waals surface area contributed by atoms with Gasteiger partial charge >= 0.3 is 0 Å². The quantitative estimate of drug-likeness (QED) is 0.794. The zero-order valence-corrected chi connectivity index (χ0v) is 17.0. The van der Waals surface area contributed by atoms with Crippen LogP contribution in [0.25, 0.3) is 0 Å². The first-order valence-electron chi connectivity index (χ1n) is 9.80. The van der Waals surface area contributed by atoms with Crippen LogP contribution in [0.1, 0.15) is 45.5 Å². The van der Waals surface area contributed by atoms with Crippen molar-refractivity contribution in [2.24, 2.45) is 0 Å². The summed E-state index contributed by atoms with van der Waals surface area (Å²) in [7, 11) is 3.09. The molecule has 2 aliphatic rings.